The summed E-state index contributed by atoms with van der Waals surface area (Å²) in [6.45, 7) is 7.86. The van der Waals surface area contributed by atoms with Crippen LogP contribution in [0.4, 0.5) is 0 Å². The molecule has 0 rings (SSSR count). The summed E-state index contributed by atoms with van der Waals surface area (Å²) >= 11 is 0. The van der Waals surface area contributed by atoms with E-state index in [-0.39, 0.29) is 0 Å². The maximum absolute atomic E-state index is 6.18. The Morgan fingerprint density at radius 1 is 0.440 bits per heavy atom. The predicted octanol–water partition coefficient (Wildman–Crippen LogP) is 8.84. The van der Waals surface area contributed by atoms with Gasteiger partial charge in [0.1, 0.15) is 0 Å². The van der Waals surface area contributed by atoms with Crippen molar-refractivity contribution < 1.29 is 4.74 Å². The average molecular weight is 355 g/mol. The smallest absolute Gasteiger partial charge is 0.0575 e. The fourth-order valence-corrected chi connectivity index (χ4v) is 3.56. The lowest BCUT2D eigenvalue weighted by atomic mass is 10.0. The van der Waals surface area contributed by atoms with Crippen LogP contribution in [0.2, 0.25) is 0 Å². The fourth-order valence-electron chi connectivity index (χ4n) is 3.56. The molecule has 0 aliphatic heterocycles. The molecular formula is C24H50O. The first-order valence-electron chi connectivity index (χ1n) is 12.0. The van der Waals surface area contributed by atoms with Gasteiger partial charge >= 0.3 is 0 Å². The summed E-state index contributed by atoms with van der Waals surface area (Å²) in [6.07, 6.45) is 26.8. The molecule has 1 unspecified atom stereocenters. The minimum Gasteiger partial charge on any atom is -0.378 e. The van der Waals surface area contributed by atoms with E-state index >= 15 is 0 Å². The number of unbranched alkanes of at least 4 members (excludes halogenated alkanes) is 14. The molecule has 0 N–H and O–H groups in total. The molecule has 0 aromatic carbocycles. The third-order valence-corrected chi connectivity index (χ3v) is 5.36. The zero-order chi connectivity index (χ0) is 18.4. The number of hydrogen-bond donors (Lipinski definition) is 0. The van der Waals surface area contributed by atoms with E-state index in [1.54, 1.807) is 0 Å². The Balaban J connectivity index is 3.35. The Morgan fingerprint density at radius 3 is 1.36 bits per heavy atom. The van der Waals surface area contributed by atoms with Crippen molar-refractivity contribution in [2.24, 2.45) is 0 Å². The quantitative estimate of drug-likeness (QED) is 0.187. The van der Waals surface area contributed by atoms with Crippen molar-refractivity contribution in [1.29, 1.82) is 0 Å². The van der Waals surface area contributed by atoms with Gasteiger partial charge in [0, 0.05) is 6.61 Å². The second-order valence-electron chi connectivity index (χ2n) is 8.02. The van der Waals surface area contributed by atoms with E-state index in [2.05, 4.69) is 20.8 Å². The van der Waals surface area contributed by atoms with Gasteiger partial charge in [0.05, 0.1) is 6.10 Å². The first-order valence-corrected chi connectivity index (χ1v) is 12.0. The van der Waals surface area contributed by atoms with Crippen LogP contribution in [0.5, 0.6) is 0 Å². The van der Waals surface area contributed by atoms with Crippen molar-refractivity contribution in [3.05, 3.63) is 0 Å². The van der Waals surface area contributed by atoms with Crippen LogP contribution in [0, 0.1) is 0 Å². The van der Waals surface area contributed by atoms with Crippen LogP contribution >= 0.6 is 0 Å². The lowest BCUT2D eigenvalue weighted by Crippen LogP contribution is -2.14. The van der Waals surface area contributed by atoms with Crippen molar-refractivity contribution in [3.8, 4) is 0 Å². The van der Waals surface area contributed by atoms with Crippen LogP contribution in [0.15, 0.2) is 0 Å². The molecule has 25 heavy (non-hydrogen) atoms. The van der Waals surface area contributed by atoms with Gasteiger partial charge in [-0.2, -0.15) is 0 Å². The molecule has 0 saturated carbocycles. The first-order chi connectivity index (χ1) is 12.3. The lowest BCUT2D eigenvalue weighted by Gasteiger charge is -2.17. The molecule has 0 aromatic heterocycles. The van der Waals surface area contributed by atoms with E-state index in [4.69, 9.17) is 4.74 Å². The first kappa shape index (κ1) is 25.0. The Hall–Kier alpha value is -0.0400. The van der Waals surface area contributed by atoms with E-state index in [0.29, 0.717) is 6.10 Å². The molecule has 152 valence electrons. The van der Waals surface area contributed by atoms with Crippen LogP contribution in [0.1, 0.15) is 143 Å². The molecule has 1 heteroatoms. The van der Waals surface area contributed by atoms with Gasteiger partial charge in [0.2, 0.25) is 0 Å². The van der Waals surface area contributed by atoms with E-state index in [1.165, 1.54) is 122 Å². The summed E-state index contributed by atoms with van der Waals surface area (Å²) in [5.41, 5.74) is 0. The van der Waals surface area contributed by atoms with Crippen molar-refractivity contribution in [2.45, 2.75) is 149 Å². The number of rotatable bonds is 21. The summed E-state index contributed by atoms with van der Waals surface area (Å²) < 4.78 is 6.18. The SMILES string of the molecule is CCCCCCCCCCCCCCOC(CCCC)CCCCC. The molecule has 1 nitrogen and oxygen atoms in total. The Bertz CT molecular complexity index is 226. The highest BCUT2D eigenvalue weighted by molar-refractivity contribution is 4.59. The predicted molar refractivity (Wildman–Crippen MR) is 114 cm³/mol. The van der Waals surface area contributed by atoms with Gasteiger partial charge in [-0.05, 0) is 19.3 Å². The molecule has 0 bridgehead atoms. The van der Waals surface area contributed by atoms with Crippen LogP contribution in [-0.2, 0) is 4.74 Å². The molecule has 0 aliphatic carbocycles. The molecule has 0 radical (unpaired) electrons. The van der Waals surface area contributed by atoms with Gasteiger partial charge in [-0.15, -0.1) is 0 Å². The lowest BCUT2D eigenvalue weighted by molar-refractivity contribution is 0.0361. The van der Waals surface area contributed by atoms with Gasteiger partial charge in [-0.25, -0.2) is 0 Å². The van der Waals surface area contributed by atoms with Crippen LogP contribution < -0.4 is 0 Å². The Labute approximate surface area is 160 Å². The van der Waals surface area contributed by atoms with Gasteiger partial charge in [-0.3, -0.25) is 0 Å². The fraction of sp³-hybridized carbons (Fsp3) is 1.00. The molecule has 1 atom stereocenters. The zero-order valence-electron chi connectivity index (χ0n) is 18.1. The van der Waals surface area contributed by atoms with Crippen molar-refractivity contribution in [3.63, 3.8) is 0 Å². The minimum absolute atomic E-state index is 0.541. The maximum atomic E-state index is 6.18. The van der Waals surface area contributed by atoms with Crippen molar-refractivity contribution >= 4 is 0 Å². The molecule has 0 amide bonds. The Morgan fingerprint density at radius 2 is 0.840 bits per heavy atom. The van der Waals surface area contributed by atoms with Gasteiger partial charge in [0.25, 0.3) is 0 Å². The van der Waals surface area contributed by atoms with E-state index in [1.807, 2.05) is 0 Å². The molecule has 0 heterocycles. The second kappa shape index (κ2) is 22.0. The molecule has 0 spiro atoms. The topological polar surface area (TPSA) is 9.23 Å². The summed E-state index contributed by atoms with van der Waals surface area (Å²) in [5.74, 6) is 0. The second-order valence-corrected chi connectivity index (χ2v) is 8.02. The van der Waals surface area contributed by atoms with Gasteiger partial charge in [-0.1, -0.05) is 124 Å². The molecule has 0 aromatic rings. The normalized spacial score (nSPS) is 12.6. The van der Waals surface area contributed by atoms with Crippen molar-refractivity contribution in [1.82, 2.24) is 0 Å². The number of hydrogen-bond acceptors (Lipinski definition) is 1. The highest BCUT2D eigenvalue weighted by atomic mass is 16.5. The Kier molecular flexibility index (Phi) is 22.0. The molecule has 0 aliphatic rings. The molecule has 0 fully saturated rings. The number of ether oxygens (including phenoxy) is 1. The largest absolute Gasteiger partial charge is 0.378 e. The highest BCUT2D eigenvalue weighted by Crippen LogP contribution is 2.15. The highest BCUT2D eigenvalue weighted by Gasteiger charge is 2.08. The van der Waals surface area contributed by atoms with Gasteiger partial charge in [0.15, 0.2) is 0 Å². The van der Waals surface area contributed by atoms with Gasteiger partial charge < -0.3 is 4.74 Å². The van der Waals surface area contributed by atoms with E-state index < -0.39 is 0 Å². The monoisotopic (exact) mass is 354 g/mol. The van der Waals surface area contributed by atoms with Crippen LogP contribution in [-0.4, -0.2) is 12.7 Å². The van der Waals surface area contributed by atoms with E-state index in [9.17, 15) is 0 Å². The summed E-state index contributed by atoms with van der Waals surface area (Å²) in [7, 11) is 0. The standard InChI is InChI=1S/C24H50O/c1-4-7-10-11-12-13-14-15-16-17-18-20-23-25-24(21-9-6-3)22-19-8-5-2/h24H,4-23H2,1-3H3. The maximum Gasteiger partial charge on any atom is 0.0575 e. The molecule has 0 saturated heterocycles. The van der Waals surface area contributed by atoms with Crippen LogP contribution in [0.25, 0.3) is 0 Å². The summed E-state index contributed by atoms with van der Waals surface area (Å²) in [6, 6.07) is 0. The third-order valence-electron chi connectivity index (χ3n) is 5.36. The molecular weight excluding hydrogens is 304 g/mol. The summed E-state index contributed by atoms with van der Waals surface area (Å²) in [4.78, 5) is 0. The average Bonchev–Trinajstić information content (AvgIpc) is 2.63. The van der Waals surface area contributed by atoms with Crippen molar-refractivity contribution in [2.75, 3.05) is 6.61 Å². The minimum atomic E-state index is 0.541. The summed E-state index contributed by atoms with van der Waals surface area (Å²) in [5, 5.41) is 0. The van der Waals surface area contributed by atoms with E-state index in [0.717, 1.165) is 6.61 Å². The zero-order valence-corrected chi connectivity index (χ0v) is 18.1. The third kappa shape index (κ3) is 20.1. The van der Waals surface area contributed by atoms with Crippen LogP contribution in [0.3, 0.4) is 0 Å².